The summed E-state index contributed by atoms with van der Waals surface area (Å²) in [6.45, 7) is 11.1. The number of allylic oxidation sites excluding steroid dienone is 2. The molecule has 0 radical (unpaired) electrons. The molecule has 172 valence electrons. The summed E-state index contributed by atoms with van der Waals surface area (Å²) in [4.78, 5) is 55.1. The minimum Gasteiger partial charge on any atom is -0.445 e. The molecule has 10 nitrogen and oxygen atoms in total. The summed E-state index contributed by atoms with van der Waals surface area (Å²) >= 11 is 0. The SMILES string of the molecule is C=C/C=C(\C=C/N(C)C(=O)ON1C(=O)CCC1=O)COC(=O)NCCCN(CC)CC. The summed E-state index contributed by atoms with van der Waals surface area (Å²) in [5.41, 5.74) is 0.571. The van der Waals surface area contributed by atoms with Gasteiger partial charge in [0.15, 0.2) is 0 Å². The van der Waals surface area contributed by atoms with Crippen molar-refractivity contribution in [2.45, 2.75) is 33.1 Å². The number of amides is 4. The Labute approximate surface area is 183 Å². The van der Waals surface area contributed by atoms with Crippen molar-refractivity contribution in [1.29, 1.82) is 0 Å². The molecule has 31 heavy (non-hydrogen) atoms. The molecule has 1 aliphatic rings. The van der Waals surface area contributed by atoms with Crippen molar-refractivity contribution in [3.8, 4) is 0 Å². The van der Waals surface area contributed by atoms with E-state index in [0.717, 1.165) is 31.0 Å². The first-order valence-electron chi connectivity index (χ1n) is 10.3. The highest BCUT2D eigenvalue weighted by atomic mass is 16.7. The predicted molar refractivity (Wildman–Crippen MR) is 115 cm³/mol. The van der Waals surface area contributed by atoms with Gasteiger partial charge in [0, 0.05) is 32.6 Å². The number of carbonyl (C=O) groups is 4. The topological polar surface area (TPSA) is 108 Å². The van der Waals surface area contributed by atoms with E-state index in [1.165, 1.54) is 25.4 Å². The van der Waals surface area contributed by atoms with Crippen molar-refractivity contribution in [2.75, 3.05) is 39.8 Å². The number of nitrogens with zero attached hydrogens (tertiary/aromatic N) is 3. The molecule has 0 aliphatic carbocycles. The van der Waals surface area contributed by atoms with E-state index in [-0.39, 0.29) is 19.4 Å². The van der Waals surface area contributed by atoms with Gasteiger partial charge in [-0.15, -0.1) is 5.06 Å². The Morgan fingerprint density at radius 1 is 1.19 bits per heavy atom. The van der Waals surface area contributed by atoms with Crippen molar-refractivity contribution in [3.63, 3.8) is 0 Å². The number of ether oxygens (including phenoxy) is 1. The second-order valence-electron chi connectivity index (χ2n) is 6.73. The quantitative estimate of drug-likeness (QED) is 0.284. The fourth-order valence-electron chi connectivity index (χ4n) is 2.60. The normalized spacial score (nSPS) is 14.3. The van der Waals surface area contributed by atoms with Crippen LogP contribution < -0.4 is 5.32 Å². The molecule has 1 N–H and O–H groups in total. The van der Waals surface area contributed by atoms with Gasteiger partial charge in [-0.25, -0.2) is 9.59 Å². The van der Waals surface area contributed by atoms with Crippen molar-refractivity contribution in [3.05, 3.63) is 36.6 Å². The fraction of sp³-hybridized carbons (Fsp3) is 0.524. The van der Waals surface area contributed by atoms with E-state index >= 15 is 0 Å². The molecular formula is C21H32N4O6. The van der Waals surface area contributed by atoms with E-state index in [4.69, 9.17) is 9.57 Å². The van der Waals surface area contributed by atoms with Gasteiger partial charge >= 0.3 is 12.2 Å². The number of alkyl carbamates (subject to hydrolysis) is 1. The number of hydroxylamine groups is 2. The number of hydrogen-bond acceptors (Lipinski definition) is 7. The van der Waals surface area contributed by atoms with E-state index in [9.17, 15) is 19.2 Å². The number of imide groups is 1. The number of rotatable bonds is 12. The first-order valence-corrected chi connectivity index (χ1v) is 10.3. The van der Waals surface area contributed by atoms with E-state index in [1.54, 1.807) is 6.08 Å². The van der Waals surface area contributed by atoms with E-state index in [1.807, 2.05) is 0 Å². The van der Waals surface area contributed by atoms with Crippen LogP contribution in [0.3, 0.4) is 0 Å². The molecule has 0 spiro atoms. The van der Waals surface area contributed by atoms with Crippen molar-refractivity contribution in [2.24, 2.45) is 0 Å². The highest BCUT2D eigenvalue weighted by Gasteiger charge is 2.33. The van der Waals surface area contributed by atoms with Crippen LogP contribution in [0.4, 0.5) is 9.59 Å². The Morgan fingerprint density at radius 3 is 2.42 bits per heavy atom. The third kappa shape index (κ3) is 9.47. The lowest BCUT2D eigenvalue weighted by Crippen LogP contribution is -2.36. The lowest BCUT2D eigenvalue weighted by Gasteiger charge is -2.17. The molecule has 10 heteroatoms. The fourth-order valence-corrected chi connectivity index (χ4v) is 2.60. The van der Waals surface area contributed by atoms with Crippen LogP contribution in [0.5, 0.6) is 0 Å². The molecule has 1 saturated heterocycles. The average molecular weight is 437 g/mol. The highest BCUT2D eigenvalue weighted by molar-refractivity contribution is 6.01. The third-order valence-electron chi connectivity index (χ3n) is 4.49. The Hall–Kier alpha value is -3.14. The van der Waals surface area contributed by atoms with Crippen LogP contribution in [0.1, 0.15) is 33.1 Å². The third-order valence-corrected chi connectivity index (χ3v) is 4.49. The first kappa shape index (κ1) is 25.9. The van der Waals surface area contributed by atoms with Gasteiger partial charge in [0.1, 0.15) is 6.61 Å². The lowest BCUT2D eigenvalue weighted by atomic mass is 10.2. The first-order chi connectivity index (χ1) is 14.8. The Morgan fingerprint density at radius 2 is 1.84 bits per heavy atom. The van der Waals surface area contributed by atoms with Gasteiger partial charge in [-0.3, -0.25) is 14.5 Å². The zero-order valence-corrected chi connectivity index (χ0v) is 18.5. The molecular weight excluding hydrogens is 404 g/mol. The summed E-state index contributed by atoms with van der Waals surface area (Å²) in [5, 5.41) is 3.17. The largest absolute Gasteiger partial charge is 0.445 e. The van der Waals surface area contributed by atoms with Crippen LogP contribution in [0.25, 0.3) is 0 Å². The minimum absolute atomic E-state index is 0.0206. The predicted octanol–water partition coefficient (Wildman–Crippen LogP) is 2.20. The van der Waals surface area contributed by atoms with Crippen molar-refractivity contribution < 1.29 is 28.8 Å². The molecule has 4 amide bonds. The number of carbonyl (C=O) groups excluding carboxylic acids is 4. The van der Waals surface area contributed by atoms with E-state index in [0.29, 0.717) is 17.2 Å². The summed E-state index contributed by atoms with van der Waals surface area (Å²) in [6, 6.07) is 0. The number of hydrogen-bond donors (Lipinski definition) is 1. The molecule has 0 bridgehead atoms. The summed E-state index contributed by atoms with van der Waals surface area (Å²) in [5.74, 6) is -1.11. The van der Waals surface area contributed by atoms with Crippen LogP contribution in [-0.2, 0) is 19.2 Å². The summed E-state index contributed by atoms with van der Waals surface area (Å²) in [6.07, 6.45) is 5.46. The van der Waals surface area contributed by atoms with Crippen LogP contribution in [0.15, 0.2) is 36.6 Å². The minimum atomic E-state index is -0.898. The molecule has 0 unspecified atom stereocenters. The second-order valence-corrected chi connectivity index (χ2v) is 6.73. The van der Waals surface area contributed by atoms with Crippen molar-refractivity contribution >= 4 is 24.0 Å². The molecule has 0 aromatic heterocycles. The molecule has 0 aromatic rings. The molecule has 0 saturated carbocycles. The summed E-state index contributed by atoms with van der Waals surface area (Å²) in [7, 11) is 1.40. The molecule has 0 aromatic carbocycles. The Kier molecular flexibility index (Phi) is 11.7. The van der Waals surface area contributed by atoms with Gasteiger partial charge in [-0.05, 0) is 37.7 Å². The zero-order chi connectivity index (χ0) is 23.2. The smallest absolute Gasteiger partial charge is 0.438 e. The second kappa shape index (κ2) is 14.0. The van der Waals surface area contributed by atoms with E-state index in [2.05, 4.69) is 30.6 Å². The maximum Gasteiger partial charge on any atom is 0.438 e. The Bertz CT molecular complexity index is 699. The average Bonchev–Trinajstić information content (AvgIpc) is 3.07. The Balaban J connectivity index is 2.44. The van der Waals surface area contributed by atoms with Gasteiger partial charge in [-0.2, -0.15) is 0 Å². The van der Waals surface area contributed by atoms with Crippen LogP contribution >= 0.6 is 0 Å². The van der Waals surface area contributed by atoms with Gasteiger partial charge in [0.2, 0.25) is 0 Å². The van der Waals surface area contributed by atoms with Crippen molar-refractivity contribution in [1.82, 2.24) is 20.2 Å². The summed E-state index contributed by atoms with van der Waals surface area (Å²) < 4.78 is 5.18. The van der Waals surface area contributed by atoms with Crippen LogP contribution in [0.2, 0.25) is 0 Å². The van der Waals surface area contributed by atoms with Gasteiger partial charge in [-0.1, -0.05) is 32.6 Å². The van der Waals surface area contributed by atoms with Gasteiger partial charge in [0.05, 0.1) is 0 Å². The van der Waals surface area contributed by atoms with Crippen LogP contribution in [-0.4, -0.2) is 78.7 Å². The van der Waals surface area contributed by atoms with Gasteiger partial charge < -0.3 is 19.8 Å². The maximum absolute atomic E-state index is 12.0. The monoisotopic (exact) mass is 436 g/mol. The van der Waals surface area contributed by atoms with E-state index < -0.39 is 24.0 Å². The van der Waals surface area contributed by atoms with Crippen LogP contribution in [0, 0.1) is 0 Å². The molecule has 1 rings (SSSR count). The highest BCUT2D eigenvalue weighted by Crippen LogP contribution is 2.13. The number of nitrogens with one attached hydrogen (secondary N) is 1. The maximum atomic E-state index is 12.0. The lowest BCUT2D eigenvalue weighted by molar-refractivity contribution is -0.172. The molecule has 1 fully saturated rings. The molecule has 1 heterocycles. The molecule has 0 atom stereocenters. The van der Waals surface area contributed by atoms with Gasteiger partial charge in [0.25, 0.3) is 11.8 Å². The zero-order valence-electron chi connectivity index (χ0n) is 18.5. The standard InChI is InChI=1S/C21H32N4O6/c1-5-9-17(16-30-20(28)22-13-8-14-24(6-2)7-3)12-15-23(4)21(29)31-25-18(26)10-11-19(25)27/h5,9,12,15H,1,6-8,10-11,13-14,16H2,2-4H3,(H,22,28)/b15-12-,17-9+. The molecule has 1 aliphatic heterocycles.